The summed E-state index contributed by atoms with van der Waals surface area (Å²) in [6.45, 7) is 3.74. The Morgan fingerprint density at radius 3 is 2.28 bits per heavy atom. The van der Waals surface area contributed by atoms with Crippen LogP contribution in [0.25, 0.3) is 0 Å². The third-order valence-corrected chi connectivity index (χ3v) is 5.69. The lowest BCUT2D eigenvalue weighted by atomic mass is 10.0. The zero-order valence-electron chi connectivity index (χ0n) is 21.4. The summed E-state index contributed by atoms with van der Waals surface area (Å²) in [5, 5.41) is 2.40. The van der Waals surface area contributed by atoms with Gasteiger partial charge in [-0.05, 0) is 38.8 Å². The Morgan fingerprint density at radius 1 is 1.05 bits per heavy atom. The van der Waals surface area contributed by atoms with Gasteiger partial charge in [-0.3, -0.25) is 4.79 Å². The zero-order valence-corrected chi connectivity index (χ0v) is 21.4. The van der Waals surface area contributed by atoms with E-state index >= 15 is 0 Å². The van der Waals surface area contributed by atoms with Crippen LogP contribution >= 0.6 is 0 Å². The highest BCUT2D eigenvalue weighted by molar-refractivity contribution is 5.89. The maximum absolute atomic E-state index is 14.3. The van der Waals surface area contributed by atoms with Gasteiger partial charge in [0.15, 0.2) is 17.3 Å². The summed E-state index contributed by atoms with van der Waals surface area (Å²) in [5.41, 5.74) is -2.06. The molecule has 15 heteroatoms. The number of ether oxygens (including phenoxy) is 2. The Hall–Kier alpha value is -3.78. The molecule has 1 aliphatic rings. The third-order valence-electron chi connectivity index (χ3n) is 5.69. The number of nitrogens with one attached hydrogen (secondary N) is 1. The number of carbonyl (C=O) groups excluding carboxylic acids is 3. The highest BCUT2D eigenvalue weighted by atomic mass is 19.4. The summed E-state index contributed by atoms with van der Waals surface area (Å²) in [6, 6.07) is -0.251. The van der Waals surface area contributed by atoms with Crippen molar-refractivity contribution in [3.8, 4) is 0 Å². The molecular weight excluding hydrogens is 538 g/mol. The Morgan fingerprint density at radius 2 is 1.69 bits per heavy atom. The van der Waals surface area contributed by atoms with Gasteiger partial charge in [-0.25, -0.2) is 27.7 Å². The maximum atomic E-state index is 14.3. The Bertz CT molecular complexity index is 1270. The number of aromatic nitrogens is 2. The average molecular weight is 564 g/mol. The van der Waals surface area contributed by atoms with Crippen molar-refractivity contribution in [1.82, 2.24) is 19.8 Å². The fraction of sp³-hybridized carbons (Fsp3) is 0.500. The molecule has 214 valence electrons. The molecule has 2 amide bonds. The summed E-state index contributed by atoms with van der Waals surface area (Å²) in [6.07, 6.45) is -6.79. The lowest BCUT2D eigenvalue weighted by Gasteiger charge is -2.31. The number of esters is 1. The SMILES string of the molecule is COC(=O)c1nc(C(F)(F)F)n2c1CN(C(=O)CC(Cc1cc(F)c(F)cc1F)NC(=O)OC(C)(C)C)CC2. The van der Waals surface area contributed by atoms with Gasteiger partial charge in [0.2, 0.25) is 11.7 Å². The molecule has 3 rings (SSSR count). The molecule has 1 N–H and O–H groups in total. The van der Waals surface area contributed by atoms with Crippen LogP contribution in [0.4, 0.5) is 31.1 Å². The van der Waals surface area contributed by atoms with Crippen LogP contribution in [-0.2, 0) is 40.0 Å². The first-order valence-electron chi connectivity index (χ1n) is 11.7. The van der Waals surface area contributed by atoms with E-state index in [1.165, 1.54) is 0 Å². The Kier molecular flexibility index (Phi) is 8.50. The highest BCUT2D eigenvalue weighted by Crippen LogP contribution is 2.32. The number of methoxy groups -OCH3 is 1. The van der Waals surface area contributed by atoms with Gasteiger partial charge in [-0.1, -0.05) is 0 Å². The maximum Gasteiger partial charge on any atom is 0.449 e. The molecule has 39 heavy (non-hydrogen) atoms. The van der Waals surface area contributed by atoms with E-state index in [2.05, 4.69) is 15.0 Å². The number of imidazole rings is 1. The number of carbonyl (C=O) groups is 3. The number of rotatable bonds is 6. The van der Waals surface area contributed by atoms with Crippen LogP contribution in [0.2, 0.25) is 0 Å². The summed E-state index contributed by atoms with van der Waals surface area (Å²) in [7, 11) is 0.970. The number of amides is 2. The number of halogens is 6. The molecular formula is C24H26F6N4O5. The van der Waals surface area contributed by atoms with E-state index in [1.54, 1.807) is 20.8 Å². The minimum atomic E-state index is -4.87. The molecule has 1 atom stereocenters. The number of alkyl halides is 3. The van der Waals surface area contributed by atoms with Gasteiger partial charge in [-0.2, -0.15) is 13.2 Å². The van der Waals surface area contributed by atoms with E-state index < -0.39 is 84.1 Å². The third kappa shape index (κ3) is 7.20. The number of hydrogen-bond donors (Lipinski definition) is 1. The second-order valence-corrected chi connectivity index (χ2v) is 9.80. The van der Waals surface area contributed by atoms with Gasteiger partial charge in [0.05, 0.1) is 19.3 Å². The number of nitrogens with zero attached hydrogens (tertiary/aromatic N) is 3. The van der Waals surface area contributed by atoms with Crippen LogP contribution < -0.4 is 5.32 Å². The van der Waals surface area contributed by atoms with Crippen LogP contribution in [0.15, 0.2) is 12.1 Å². The largest absolute Gasteiger partial charge is 0.464 e. The van der Waals surface area contributed by atoms with Crippen LogP contribution in [0, 0.1) is 17.5 Å². The average Bonchev–Trinajstić information content (AvgIpc) is 3.20. The summed E-state index contributed by atoms with van der Waals surface area (Å²) in [5.74, 6) is -7.00. The van der Waals surface area contributed by atoms with Crippen LogP contribution in [0.1, 0.15) is 54.8 Å². The molecule has 0 radical (unpaired) electrons. The fourth-order valence-corrected chi connectivity index (χ4v) is 4.03. The molecule has 0 aliphatic carbocycles. The van der Waals surface area contributed by atoms with Crippen molar-refractivity contribution in [1.29, 1.82) is 0 Å². The molecule has 9 nitrogen and oxygen atoms in total. The van der Waals surface area contributed by atoms with Crippen molar-refractivity contribution in [3.05, 3.63) is 52.4 Å². The zero-order chi connectivity index (χ0) is 29.3. The van der Waals surface area contributed by atoms with Gasteiger partial charge in [-0.15, -0.1) is 0 Å². The predicted octanol–water partition coefficient (Wildman–Crippen LogP) is 3.97. The van der Waals surface area contributed by atoms with E-state index in [-0.39, 0.29) is 24.3 Å². The predicted molar refractivity (Wildman–Crippen MR) is 122 cm³/mol. The summed E-state index contributed by atoms with van der Waals surface area (Å²) in [4.78, 5) is 42.2. The van der Waals surface area contributed by atoms with Crippen LogP contribution in [0.3, 0.4) is 0 Å². The van der Waals surface area contributed by atoms with Crippen molar-refractivity contribution < 1.29 is 50.2 Å². The van der Waals surface area contributed by atoms with Crippen molar-refractivity contribution in [2.75, 3.05) is 13.7 Å². The molecule has 1 aromatic carbocycles. The smallest absolute Gasteiger partial charge is 0.449 e. The molecule has 0 fully saturated rings. The quantitative estimate of drug-likeness (QED) is 0.324. The van der Waals surface area contributed by atoms with E-state index in [4.69, 9.17) is 4.74 Å². The lowest BCUT2D eigenvalue weighted by Crippen LogP contribution is -2.45. The normalized spacial score (nSPS) is 14.5. The first-order valence-corrected chi connectivity index (χ1v) is 11.7. The monoisotopic (exact) mass is 564 g/mol. The van der Waals surface area contributed by atoms with E-state index in [0.717, 1.165) is 16.6 Å². The van der Waals surface area contributed by atoms with Gasteiger partial charge >= 0.3 is 18.2 Å². The molecule has 0 saturated carbocycles. The van der Waals surface area contributed by atoms with Crippen molar-refractivity contribution in [2.45, 2.75) is 64.5 Å². The summed E-state index contributed by atoms with van der Waals surface area (Å²) >= 11 is 0. The number of benzene rings is 1. The standard InChI is InChI=1S/C24H26F6N4O5/c1-23(2,3)39-22(37)31-13(7-12-8-15(26)16(27)10-14(12)25)9-18(35)33-5-6-34-17(11-33)19(20(36)38-4)32-21(34)24(28,29)30/h8,10,13H,5-7,9,11H2,1-4H3,(H,31,37). The second-order valence-electron chi connectivity index (χ2n) is 9.80. The van der Waals surface area contributed by atoms with Crippen molar-refractivity contribution in [2.24, 2.45) is 0 Å². The minimum absolute atomic E-state index is 0.197. The van der Waals surface area contributed by atoms with E-state index in [9.17, 15) is 40.7 Å². The molecule has 2 heterocycles. The van der Waals surface area contributed by atoms with E-state index in [0.29, 0.717) is 12.1 Å². The van der Waals surface area contributed by atoms with Crippen molar-refractivity contribution >= 4 is 18.0 Å². The van der Waals surface area contributed by atoms with Gasteiger partial charge in [0.1, 0.15) is 11.4 Å². The van der Waals surface area contributed by atoms with E-state index in [1.807, 2.05) is 0 Å². The topological polar surface area (TPSA) is 103 Å². The summed E-state index contributed by atoms with van der Waals surface area (Å²) < 4.78 is 92.3. The molecule has 0 saturated heterocycles. The molecule has 1 aliphatic heterocycles. The number of alkyl carbamates (subject to hydrolysis) is 1. The fourth-order valence-electron chi connectivity index (χ4n) is 4.03. The molecule has 1 unspecified atom stereocenters. The first-order chi connectivity index (χ1) is 18.0. The first kappa shape index (κ1) is 29.8. The van der Waals surface area contributed by atoms with Crippen LogP contribution in [0.5, 0.6) is 0 Å². The lowest BCUT2D eigenvalue weighted by molar-refractivity contribution is -0.148. The number of hydrogen-bond acceptors (Lipinski definition) is 6. The van der Waals surface area contributed by atoms with Crippen LogP contribution in [-0.4, -0.2) is 57.7 Å². The molecule has 0 spiro atoms. The second kappa shape index (κ2) is 11.1. The van der Waals surface area contributed by atoms with Gasteiger partial charge < -0.3 is 24.3 Å². The number of fused-ring (bicyclic) bond motifs is 1. The Balaban J connectivity index is 1.86. The molecule has 0 bridgehead atoms. The van der Waals surface area contributed by atoms with Gasteiger partial charge in [0, 0.05) is 31.6 Å². The molecule has 1 aromatic heterocycles. The molecule has 2 aromatic rings. The van der Waals surface area contributed by atoms with Gasteiger partial charge in [0.25, 0.3) is 0 Å². The minimum Gasteiger partial charge on any atom is -0.464 e. The van der Waals surface area contributed by atoms with Crippen molar-refractivity contribution in [3.63, 3.8) is 0 Å². The highest BCUT2D eigenvalue weighted by Gasteiger charge is 2.42. The Labute approximate surface area is 219 Å².